The number of hydrogen-bond donors (Lipinski definition) is 2. The lowest BCUT2D eigenvalue weighted by Crippen LogP contribution is -2.21. The van der Waals surface area contributed by atoms with Crippen molar-refractivity contribution in [1.82, 2.24) is 0 Å². The van der Waals surface area contributed by atoms with E-state index in [0.717, 1.165) is 0 Å². The Balaban J connectivity index is 1.98. The van der Waals surface area contributed by atoms with Crippen molar-refractivity contribution in [3.05, 3.63) is 63.7 Å². The van der Waals surface area contributed by atoms with Crippen LogP contribution in [0.5, 0.6) is 5.75 Å². The third-order valence-electron chi connectivity index (χ3n) is 3.46. The predicted octanol–water partition coefficient (Wildman–Crippen LogP) is 2.28. The van der Waals surface area contributed by atoms with Crippen molar-refractivity contribution < 1.29 is 29.1 Å². The third-order valence-corrected chi connectivity index (χ3v) is 3.46. The number of hydrogen-bond acceptors (Lipinski definition) is 7. The Morgan fingerprint density at radius 2 is 1.89 bits per heavy atom. The van der Waals surface area contributed by atoms with Gasteiger partial charge >= 0.3 is 5.97 Å². The van der Waals surface area contributed by atoms with Gasteiger partial charge < -0.3 is 19.9 Å². The Hall–Kier alpha value is -3.46. The third kappa shape index (κ3) is 5.51. The van der Waals surface area contributed by atoms with Crippen LogP contribution in [0.15, 0.2) is 42.5 Å². The lowest BCUT2D eigenvalue weighted by atomic mass is 10.1. The van der Waals surface area contributed by atoms with E-state index in [1.165, 1.54) is 30.3 Å². The summed E-state index contributed by atoms with van der Waals surface area (Å²) in [4.78, 5) is 34.4. The van der Waals surface area contributed by atoms with Crippen molar-refractivity contribution >= 4 is 23.3 Å². The molecule has 0 heterocycles. The van der Waals surface area contributed by atoms with E-state index in [2.05, 4.69) is 5.32 Å². The summed E-state index contributed by atoms with van der Waals surface area (Å²) in [7, 11) is 0. The Labute approximate surface area is 154 Å². The molecule has 2 rings (SSSR count). The van der Waals surface area contributed by atoms with Crippen molar-refractivity contribution in [2.45, 2.75) is 13.5 Å². The van der Waals surface area contributed by atoms with Gasteiger partial charge in [-0.25, -0.2) is 4.79 Å². The largest absolute Gasteiger partial charge is 0.494 e. The Kier molecular flexibility index (Phi) is 6.84. The second kappa shape index (κ2) is 9.30. The van der Waals surface area contributed by atoms with Crippen LogP contribution < -0.4 is 10.1 Å². The van der Waals surface area contributed by atoms with Crippen molar-refractivity contribution in [2.75, 3.05) is 18.5 Å². The predicted molar refractivity (Wildman–Crippen MR) is 95.5 cm³/mol. The lowest BCUT2D eigenvalue weighted by molar-refractivity contribution is -0.384. The standard InChI is InChI=1S/C18H18N2O7/c1-2-26-14-7-8-15(16(9-14)20(24)25)19-17(22)11-27-18(23)13-5-3-12(10-21)4-6-13/h3-9,21H,2,10-11H2,1H3,(H,19,22). The maximum atomic E-state index is 12.0. The van der Waals surface area contributed by atoms with Crippen LogP contribution in [0.3, 0.4) is 0 Å². The summed E-state index contributed by atoms with van der Waals surface area (Å²) in [6, 6.07) is 10.1. The second-order valence-corrected chi connectivity index (χ2v) is 5.35. The molecular weight excluding hydrogens is 356 g/mol. The van der Waals surface area contributed by atoms with Crippen molar-refractivity contribution in [2.24, 2.45) is 0 Å². The van der Waals surface area contributed by atoms with Gasteiger partial charge in [-0.3, -0.25) is 14.9 Å². The number of nitro benzene ring substituents is 1. The van der Waals surface area contributed by atoms with Gasteiger partial charge in [0.15, 0.2) is 6.61 Å². The summed E-state index contributed by atoms with van der Waals surface area (Å²) >= 11 is 0. The number of benzene rings is 2. The summed E-state index contributed by atoms with van der Waals surface area (Å²) in [6.45, 7) is 1.33. The van der Waals surface area contributed by atoms with Crippen molar-refractivity contribution in [3.63, 3.8) is 0 Å². The number of nitro groups is 1. The first-order chi connectivity index (χ1) is 12.9. The molecule has 2 aromatic carbocycles. The van der Waals surface area contributed by atoms with Gasteiger partial charge in [0.05, 0.1) is 29.8 Å². The SMILES string of the molecule is CCOc1ccc(NC(=O)COC(=O)c2ccc(CO)cc2)c([N+](=O)[O-])c1. The molecule has 0 saturated carbocycles. The number of carbonyl (C=O) groups excluding carboxylic acids is 2. The topological polar surface area (TPSA) is 128 Å². The molecule has 2 N–H and O–H groups in total. The number of amides is 1. The highest BCUT2D eigenvalue weighted by Gasteiger charge is 2.18. The monoisotopic (exact) mass is 374 g/mol. The number of esters is 1. The average Bonchev–Trinajstić information content (AvgIpc) is 2.67. The van der Waals surface area contributed by atoms with Gasteiger partial charge in [0, 0.05) is 0 Å². The lowest BCUT2D eigenvalue weighted by Gasteiger charge is -2.09. The summed E-state index contributed by atoms with van der Waals surface area (Å²) < 4.78 is 10.1. The van der Waals surface area contributed by atoms with Gasteiger partial charge in [0.1, 0.15) is 11.4 Å². The molecular formula is C18H18N2O7. The minimum atomic E-state index is -0.726. The maximum Gasteiger partial charge on any atom is 0.338 e. The van der Waals surface area contributed by atoms with E-state index in [4.69, 9.17) is 14.6 Å². The zero-order valence-electron chi connectivity index (χ0n) is 14.5. The summed E-state index contributed by atoms with van der Waals surface area (Å²) in [5.41, 5.74) is 0.483. The number of ether oxygens (including phenoxy) is 2. The quantitative estimate of drug-likeness (QED) is 0.412. The van der Waals surface area contributed by atoms with Gasteiger partial charge in [0.2, 0.25) is 0 Å². The molecule has 0 aromatic heterocycles. The van der Waals surface area contributed by atoms with Crippen LogP contribution >= 0.6 is 0 Å². The average molecular weight is 374 g/mol. The van der Waals surface area contributed by atoms with Crippen LogP contribution in [0.25, 0.3) is 0 Å². The number of rotatable bonds is 8. The minimum absolute atomic E-state index is 0.0307. The zero-order valence-corrected chi connectivity index (χ0v) is 14.5. The number of anilines is 1. The van der Waals surface area contributed by atoms with E-state index >= 15 is 0 Å². The van der Waals surface area contributed by atoms with E-state index in [1.807, 2.05) is 0 Å². The molecule has 0 fully saturated rings. The van der Waals surface area contributed by atoms with Crippen molar-refractivity contribution in [1.29, 1.82) is 0 Å². The molecule has 0 unspecified atom stereocenters. The first kappa shape index (κ1) is 19.9. The minimum Gasteiger partial charge on any atom is -0.494 e. The summed E-state index contributed by atoms with van der Waals surface area (Å²) in [5.74, 6) is -1.14. The molecule has 2 aromatic rings. The number of nitrogens with one attached hydrogen (secondary N) is 1. The van der Waals surface area contributed by atoms with Crippen LogP contribution in [-0.4, -0.2) is 35.1 Å². The molecule has 0 radical (unpaired) electrons. The van der Waals surface area contributed by atoms with Crippen LogP contribution in [0, 0.1) is 10.1 Å². The van der Waals surface area contributed by atoms with E-state index in [-0.39, 0.29) is 23.5 Å². The van der Waals surface area contributed by atoms with E-state index in [0.29, 0.717) is 17.9 Å². The number of aliphatic hydroxyl groups excluding tert-OH is 1. The normalized spacial score (nSPS) is 10.1. The molecule has 9 heteroatoms. The van der Waals surface area contributed by atoms with Crippen LogP contribution in [-0.2, 0) is 16.1 Å². The van der Waals surface area contributed by atoms with Crippen LogP contribution in [0.2, 0.25) is 0 Å². The molecule has 9 nitrogen and oxygen atoms in total. The highest BCUT2D eigenvalue weighted by atomic mass is 16.6. The highest BCUT2D eigenvalue weighted by Crippen LogP contribution is 2.29. The van der Waals surface area contributed by atoms with Crippen molar-refractivity contribution in [3.8, 4) is 5.75 Å². The maximum absolute atomic E-state index is 12.0. The van der Waals surface area contributed by atoms with Gasteiger partial charge in [-0.1, -0.05) is 12.1 Å². The molecule has 0 aliphatic heterocycles. The highest BCUT2D eigenvalue weighted by molar-refractivity contribution is 5.96. The first-order valence-corrected chi connectivity index (χ1v) is 8.02. The summed E-state index contributed by atoms with van der Waals surface area (Å²) in [5, 5.41) is 22.5. The smallest absolute Gasteiger partial charge is 0.338 e. The first-order valence-electron chi connectivity index (χ1n) is 8.02. The molecule has 1 amide bonds. The van der Waals surface area contributed by atoms with Gasteiger partial charge in [-0.2, -0.15) is 0 Å². The van der Waals surface area contributed by atoms with Crippen LogP contribution in [0.4, 0.5) is 11.4 Å². The van der Waals surface area contributed by atoms with Crippen LogP contribution in [0.1, 0.15) is 22.8 Å². The summed E-state index contributed by atoms with van der Waals surface area (Å²) in [6.07, 6.45) is 0. The second-order valence-electron chi connectivity index (χ2n) is 5.35. The number of nitrogens with zero attached hydrogens (tertiary/aromatic N) is 1. The Morgan fingerprint density at radius 1 is 1.19 bits per heavy atom. The van der Waals surface area contributed by atoms with Gasteiger partial charge in [-0.05, 0) is 36.8 Å². The Morgan fingerprint density at radius 3 is 2.48 bits per heavy atom. The molecule has 0 saturated heterocycles. The molecule has 0 aliphatic carbocycles. The van der Waals surface area contributed by atoms with Gasteiger partial charge in [0.25, 0.3) is 11.6 Å². The fourth-order valence-electron chi connectivity index (χ4n) is 2.17. The molecule has 142 valence electrons. The number of aliphatic hydroxyl groups is 1. The molecule has 0 aliphatic rings. The molecule has 0 atom stereocenters. The zero-order chi connectivity index (χ0) is 19.8. The molecule has 0 spiro atoms. The molecule has 0 bridgehead atoms. The Bertz CT molecular complexity index is 834. The van der Waals surface area contributed by atoms with Gasteiger partial charge in [-0.15, -0.1) is 0 Å². The van der Waals surface area contributed by atoms with E-state index in [9.17, 15) is 19.7 Å². The number of carbonyl (C=O) groups is 2. The van der Waals surface area contributed by atoms with E-state index in [1.54, 1.807) is 19.1 Å². The van der Waals surface area contributed by atoms with E-state index < -0.39 is 23.4 Å². The molecule has 27 heavy (non-hydrogen) atoms. The fraction of sp³-hybridized carbons (Fsp3) is 0.222. The fourth-order valence-corrected chi connectivity index (χ4v) is 2.17.